The van der Waals surface area contributed by atoms with E-state index < -0.39 is 23.5 Å². The van der Waals surface area contributed by atoms with Crippen molar-refractivity contribution in [1.29, 1.82) is 0 Å². The topological polar surface area (TPSA) is 95.4 Å². The molecular weight excluding hydrogens is 698 g/mol. The van der Waals surface area contributed by atoms with E-state index in [0.29, 0.717) is 67.6 Å². The smallest absolute Gasteiger partial charge is 0.416 e. The van der Waals surface area contributed by atoms with Gasteiger partial charge in [-0.1, -0.05) is 0 Å². The Morgan fingerprint density at radius 2 is 1.06 bits per heavy atom. The van der Waals surface area contributed by atoms with Gasteiger partial charge in [-0.15, -0.1) is 0 Å². The van der Waals surface area contributed by atoms with Crippen LogP contribution in [0.3, 0.4) is 0 Å². The first-order valence-electron chi connectivity index (χ1n) is 16.2. The van der Waals surface area contributed by atoms with Crippen LogP contribution in [0, 0.1) is 34.6 Å². The zero-order chi connectivity index (χ0) is 38.0. The van der Waals surface area contributed by atoms with Crippen molar-refractivity contribution in [1.82, 2.24) is 38.7 Å². The van der Waals surface area contributed by atoms with Crippen LogP contribution in [0.15, 0.2) is 73.2 Å². The first-order valence-corrected chi connectivity index (χ1v) is 16.2. The molecule has 270 valence electrons. The molecule has 0 radical (unpaired) electrons. The molecule has 0 fully saturated rings. The number of pyridine rings is 2. The summed E-state index contributed by atoms with van der Waals surface area (Å²) >= 11 is 0. The fourth-order valence-corrected chi connectivity index (χ4v) is 6.60. The molecule has 53 heavy (non-hydrogen) atoms. The van der Waals surface area contributed by atoms with Crippen LogP contribution in [0.25, 0.3) is 55.9 Å². The summed E-state index contributed by atoms with van der Waals surface area (Å²) in [6, 6.07) is 12.4. The Balaban J connectivity index is 0.000000164. The van der Waals surface area contributed by atoms with Crippen molar-refractivity contribution in [2.45, 2.75) is 47.0 Å². The molecule has 15 heteroatoms. The number of hydrogen-bond donors (Lipinski definition) is 0. The summed E-state index contributed by atoms with van der Waals surface area (Å²) in [6.07, 6.45) is -4.04. The fraction of sp³-hybridized carbons (Fsp3) is 0.211. The maximum Gasteiger partial charge on any atom is 0.416 e. The van der Waals surface area contributed by atoms with Gasteiger partial charge < -0.3 is 4.74 Å². The molecule has 0 N–H and O–H groups in total. The molecule has 0 bridgehead atoms. The van der Waals surface area contributed by atoms with Crippen molar-refractivity contribution >= 4 is 33.1 Å². The summed E-state index contributed by atoms with van der Waals surface area (Å²) in [7, 11) is 1.52. The quantitative estimate of drug-likeness (QED) is 0.167. The number of hydrogen-bond acceptors (Lipinski definition) is 7. The first kappa shape index (κ1) is 35.3. The molecular formula is C38H30F6N8O. The Morgan fingerprint density at radius 1 is 0.566 bits per heavy atom. The molecule has 0 aliphatic rings. The molecule has 9 nitrogen and oxygen atoms in total. The van der Waals surface area contributed by atoms with Gasteiger partial charge in [0.2, 0.25) is 0 Å². The van der Waals surface area contributed by atoms with Crippen LogP contribution in [0.4, 0.5) is 26.3 Å². The third kappa shape index (κ3) is 6.15. The van der Waals surface area contributed by atoms with E-state index in [-0.39, 0.29) is 0 Å². The van der Waals surface area contributed by atoms with E-state index in [1.165, 1.54) is 19.2 Å². The molecule has 0 spiro atoms. The van der Waals surface area contributed by atoms with Gasteiger partial charge in [0.1, 0.15) is 11.6 Å². The second-order valence-electron chi connectivity index (χ2n) is 12.4. The lowest BCUT2D eigenvalue weighted by molar-refractivity contribution is -0.138. The number of ether oxygens (including phenoxy) is 1. The van der Waals surface area contributed by atoms with Crippen LogP contribution in [-0.2, 0) is 12.4 Å². The van der Waals surface area contributed by atoms with Crippen LogP contribution in [0.2, 0.25) is 0 Å². The average Bonchev–Trinajstić information content (AvgIpc) is 3.65. The van der Waals surface area contributed by atoms with Gasteiger partial charge >= 0.3 is 12.4 Å². The molecule has 0 aliphatic carbocycles. The highest BCUT2D eigenvalue weighted by atomic mass is 19.4. The van der Waals surface area contributed by atoms with Crippen LogP contribution in [-0.4, -0.2) is 45.8 Å². The molecule has 0 amide bonds. The Kier molecular flexibility index (Phi) is 8.54. The van der Waals surface area contributed by atoms with Crippen LogP contribution in [0.1, 0.15) is 39.6 Å². The Bertz CT molecular complexity index is 2710. The monoisotopic (exact) mass is 728 g/mol. The van der Waals surface area contributed by atoms with Crippen molar-refractivity contribution in [3.63, 3.8) is 0 Å². The summed E-state index contributed by atoms with van der Waals surface area (Å²) < 4.78 is 88.3. The number of aromatic nitrogens is 8. The van der Waals surface area contributed by atoms with Gasteiger partial charge in [-0.25, -0.2) is 19.9 Å². The van der Waals surface area contributed by atoms with Crippen molar-refractivity contribution in [3.8, 4) is 28.5 Å². The van der Waals surface area contributed by atoms with Crippen molar-refractivity contribution in [2.24, 2.45) is 0 Å². The van der Waals surface area contributed by atoms with E-state index in [1.54, 1.807) is 46.4 Å². The van der Waals surface area contributed by atoms with Crippen molar-refractivity contribution < 1.29 is 31.1 Å². The lowest BCUT2D eigenvalue weighted by Gasteiger charge is -2.12. The minimum absolute atomic E-state index is 0.326. The second-order valence-corrected chi connectivity index (χ2v) is 12.4. The van der Waals surface area contributed by atoms with Crippen LogP contribution >= 0.6 is 0 Å². The average molecular weight is 729 g/mol. The first-order chi connectivity index (χ1) is 25.1. The predicted molar refractivity (Wildman–Crippen MR) is 188 cm³/mol. The summed E-state index contributed by atoms with van der Waals surface area (Å²) in [5, 5.41) is 0. The second kappa shape index (κ2) is 12.8. The zero-order valence-electron chi connectivity index (χ0n) is 29.2. The van der Waals surface area contributed by atoms with Gasteiger partial charge in [-0.3, -0.25) is 18.8 Å². The number of alkyl halides is 6. The minimum Gasteiger partial charge on any atom is -0.496 e. The van der Waals surface area contributed by atoms with E-state index in [1.807, 2.05) is 33.8 Å². The van der Waals surface area contributed by atoms with Crippen molar-refractivity contribution in [3.05, 3.63) is 113 Å². The van der Waals surface area contributed by atoms with E-state index >= 15 is 0 Å². The van der Waals surface area contributed by atoms with E-state index in [9.17, 15) is 26.3 Å². The fourth-order valence-electron chi connectivity index (χ4n) is 6.60. The van der Waals surface area contributed by atoms with Gasteiger partial charge in [0.25, 0.3) is 0 Å². The summed E-state index contributed by atoms with van der Waals surface area (Å²) in [4.78, 5) is 26.6. The molecule has 6 aromatic heterocycles. The Morgan fingerprint density at radius 3 is 1.53 bits per heavy atom. The third-order valence-electron chi connectivity index (χ3n) is 8.94. The zero-order valence-corrected chi connectivity index (χ0v) is 29.2. The molecule has 8 aromatic rings. The number of halogens is 6. The molecule has 0 atom stereocenters. The maximum absolute atomic E-state index is 13.3. The molecule has 0 saturated carbocycles. The predicted octanol–water partition coefficient (Wildman–Crippen LogP) is 9.48. The number of aryl methyl sites for hydroxylation is 5. The van der Waals surface area contributed by atoms with E-state index in [0.717, 1.165) is 46.7 Å². The number of nitrogens with zero attached hydrogens (tertiary/aromatic N) is 8. The lowest BCUT2D eigenvalue weighted by Crippen LogP contribution is -2.06. The van der Waals surface area contributed by atoms with Gasteiger partial charge in [0.05, 0.1) is 79.7 Å². The van der Waals surface area contributed by atoms with Crippen LogP contribution in [0.5, 0.6) is 5.75 Å². The molecule has 0 saturated heterocycles. The number of methoxy groups -OCH3 is 1. The normalized spacial score (nSPS) is 12.2. The van der Waals surface area contributed by atoms with Crippen LogP contribution < -0.4 is 4.74 Å². The highest BCUT2D eigenvalue weighted by Gasteiger charge is 2.32. The number of rotatable bonds is 3. The number of benzene rings is 2. The molecule has 8 rings (SSSR count). The van der Waals surface area contributed by atoms with Crippen molar-refractivity contribution in [2.75, 3.05) is 7.11 Å². The van der Waals surface area contributed by atoms with E-state index in [4.69, 9.17) is 4.74 Å². The van der Waals surface area contributed by atoms with Gasteiger partial charge in [0, 0.05) is 29.8 Å². The van der Waals surface area contributed by atoms with Gasteiger partial charge in [-0.05, 0) is 89.2 Å². The number of imidazole rings is 2. The lowest BCUT2D eigenvalue weighted by atomic mass is 10.1. The van der Waals surface area contributed by atoms with Gasteiger partial charge in [0.15, 0.2) is 5.82 Å². The molecule has 0 unspecified atom stereocenters. The standard InChI is InChI=1S/C19H15F3N4O.C19H15F3N4/c1-10-17-11(2)25-18(13-9-23-7-6-16(13)27-3)26(17)15-8-12(19(20,21)22)4-5-14(15)24-10;1-10-14(5-4-8-23-10)18-25-12(3)17-11(2)24-15-7-6-13(19(20,21)22)9-16(15)26(17)18/h4-9H,1-3H3;4-9H,1-3H3. The minimum atomic E-state index is -4.45. The summed E-state index contributed by atoms with van der Waals surface area (Å²) in [5.41, 5.74) is 6.49. The summed E-state index contributed by atoms with van der Waals surface area (Å²) in [5.74, 6) is 1.56. The van der Waals surface area contributed by atoms with Gasteiger partial charge in [-0.2, -0.15) is 26.3 Å². The summed E-state index contributed by atoms with van der Waals surface area (Å²) in [6.45, 7) is 9.13. The highest BCUT2D eigenvalue weighted by Crippen LogP contribution is 2.37. The Labute approximate surface area is 298 Å². The third-order valence-corrected chi connectivity index (χ3v) is 8.94. The van der Waals surface area contributed by atoms with E-state index in [2.05, 4.69) is 29.9 Å². The molecule has 0 aliphatic heterocycles. The molecule has 6 heterocycles. The Hall–Kier alpha value is -6.12. The maximum atomic E-state index is 13.3. The largest absolute Gasteiger partial charge is 0.496 e. The molecule has 2 aromatic carbocycles. The number of fused-ring (bicyclic) bond motifs is 6. The SMILES string of the molecule is COc1ccncc1-c1nc(C)c2c(C)nc3ccc(C(F)(F)F)cc3n12.Cc1ncccc1-c1nc(C)c2c(C)nc3ccc(C(F)(F)F)cc3n12. The highest BCUT2D eigenvalue weighted by molar-refractivity contribution is 5.86.